The second kappa shape index (κ2) is 9.39. The number of nitrogens with one attached hydrogen (secondary N) is 2. The predicted octanol–water partition coefficient (Wildman–Crippen LogP) is 3.98. The summed E-state index contributed by atoms with van der Waals surface area (Å²) in [4.78, 5) is 25.3. The minimum atomic E-state index is -0.712. The molecule has 29 heavy (non-hydrogen) atoms. The molecule has 7 heteroatoms. The van der Waals surface area contributed by atoms with Gasteiger partial charge in [0.2, 0.25) is 5.91 Å². The third-order valence-corrected chi connectivity index (χ3v) is 4.77. The maximum Gasteiger partial charge on any atom is 0.253 e. The third-order valence-electron chi connectivity index (χ3n) is 4.44. The zero-order chi connectivity index (χ0) is 20.8. The van der Waals surface area contributed by atoms with E-state index >= 15 is 0 Å². The molecule has 0 fully saturated rings. The van der Waals surface area contributed by atoms with Crippen molar-refractivity contribution < 1.29 is 9.59 Å². The fourth-order valence-corrected chi connectivity index (χ4v) is 3.13. The van der Waals surface area contributed by atoms with Crippen LogP contribution in [0.2, 0.25) is 5.02 Å². The Hall–Kier alpha value is -3.12. The van der Waals surface area contributed by atoms with Crippen molar-refractivity contribution in [1.29, 1.82) is 0 Å². The van der Waals surface area contributed by atoms with E-state index in [-0.39, 0.29) is 17.7 Å². The molecule has 3 aromatic rings. The van der Waals surface area contributed by atoms with Gasteiger partial charge in [0.25, 0.3) is 5.91 Å². The van der Waals surface area contributed by atoms with E-state index in [9.17, 15) is 9.59 Å². The fraction of sp³-hybridized carbons (Fsp3) is 0.227. The number of carbonyl (C=O) groups excluding carboxylic acids is 2. The summed E-state index contributed by atoms with van der Waals surface area (Å²) in [5.41, 5.74) is 2.02. The van der Waals surface area contributed by atoms with Crippen LogP contribution in [0.3, 0.4) is 0 Å². The summed E-state index contributed by atoms with van der Waals surface area (Å²) in [6, 6.07) is 16.0. The molecule has 0 saturated carbocycles. The maximum absolute atomic E-state index is 12.8. The molecule has 1 heterocycles. The normalized spacial score (nSPS) is 11.9. The minimum Gasteiger partial charge on any atom is -0.340 e. The molecule has 3 rings (SSSR count). The summed E-state index contributed by atoms with van der Waals surface area (Å²) >= 11 is 6.09. The Labute approximate surface area is 174 Å². The smallest absolute Gasteiger partial charge is 0.253 e. The van der Waals surface area contributed by atoms with E-state index in [1.54, 1.807) is 41.3 Å². The van der Waals surface area contributed by atoms with Crippen LogP contribution in [0, 0.1) is 5.92 Å². The lowest BCUT2D eigenvalue weighted by Crippen LogP contribution is -2.47. The van der Waals surface area contributed by atoms with Gasteiger partial charge in [0.15, 0.2) is 0 Å². The first-order chi connectivity index (χ1) is 13.9. The lowest BCUT2D eigenvalue weighted by Gasteiger charge is -2.21. The first-order valence-electron chi connectivity index (χ1n) is 9.36. The van der Waals surface area contributed by atoms with Crippen molar-refractivity contribution in [3.63, 3.8) is 0 Å². The number of carbonyl (C=O) groups is 2. The van der Waals surface area contributed by atoms with E-state index in [4.69, 9.17) is 11.6 Å². The molecular formula is C22H23ClN4O2. The monoisotopic (exact) mass is 410 g/mol. The van der Waals surface area contributed by atoms with Crippen molar-refractivity contribution in [1.82, 2.24) is 15.1 Å². The second-order valence-corrected chi connectivity index (χ2v) is 7.48. The molecule has 1 atom stereocenters. The highest BCUT2D eigenvalue weighted by atomic mass is 35.5. The highest BCUT2D eigenvalue weighted by molar-refractivity contribution is 6.33. The van der Waals surface area contributed by atoms with Crippen LogP contribution < -0.4 is 10.6 Å². The van der Waals surface area contributed by atoms with Crippen molar-refractivity contribution in [2.24, 2.45) is 5.92 Å². The second-order valence-electron chi connectivity index (χ2n) is 7.08. The highest BCUT2D eigenvalue weighted by Gasteiger charge is 2.25. The molecule has 2 N–H and O–H groups in total. The average molecular weight is 411 g/mol. The molecule has 0 aliphatic heterocycles. The molecule has 0 aliphatic carbocycles. The van der Waals surface area contributed by atoms with Crippen LogP contribution in [0.15, 0.2) is 67.0 Å². The van der Waals surface area contributed by atoms with Gasteiger partial charge in [-0.25, -0.2) is 0 Å². The summed E-state index contributed by atoms with van der Waals surface area (Å²) in [5.74, 6) is -0.801. The Morgan fingerprint density at radius 2 is 1.76 bits per heavy atom. The average Bonchev–Trinajstić information content (AvgIpc) is 3.13. The van der Waals surface area contributed by atoms with Crippen LogP contribution in [-0.2, 0) is 11.3 Å². The molecular weight excluding hydrogens is 388 g/mol. The highest BCUT2D eigenvalue weighted by Crippen LogP contribution is 2.16. The standard InChI is InChI=1S/C22H23ClN4O2/c1-15(2)20(26-21(28)18-10-6-7-11-19(18)23)22(29)25-17-12-24-27(14-17)13-16-8-4-3-5-9-16/h3-12,14-15,20H,13H2,1-2H3,(H,25,29)(H,26,28). The minimum absolute atomic E-state index is 0.110. The molecule has 0 radical (unpaired) electrons. The van der Waals surface area contributed by atoms with Gasteiger partial charge in [0, 0.05) is 6.20 Å². The number of halogens is 1. The summed E-state index contributed by atoms with van der Waals surface area (Å²) in [7, 11) is 0. The van der Waals surface area contributed by atoms with E-state index in [2.05, 4.69) is 15.7 Å². The number of hydrogen-bond donors (Lipinski definition) is 2. The largest absolute Gasteiger partial charge is 0.340 e. The predicted molar refractivity (Wildman–Crippen MR) is 114 cm³/mol. The lowest BCUT2D eigenvalue weighted by atomic mass is 10.0. The molecule has 1 aromatic heterocycles. The van der Waals surface area contributed by atoms with Crippen LogP contribution in [0.1, 0.15) is 29.8 Å². The Balaban J connectivity index is 1.66. The molecule has 2 amide bonds. The molecule has 0 bridgehead atoms. The van der Waals surface area contributed by atoms with Gasteiger partial charge in [-0.2, -0.15) is 5.10 Å². The van der Waals surface area contributed by atoms with Gasteiger partial charge in [-0.3, -0.25) is 14.3 Å². The zero-order valence-electron chi connectivity index (χ0n) is 16.3. The van der Waals surface area contributed by atoms with Crippen molar-refractivity contribution in [3.8, 4) is 0 Å². The van der Waals surface area contributed by atoms with Gasteiger partial charge in [0.1, 0.15) is 6.04 Å². The number of aromatic nitrogens is 2. The van der Waals surface area contributed by atoms with Crippen LogP contribution in [-0.4, -0.2) is 27.6 Å². The van der Waals surface area contributed by atoms with E-state index in [1.165, 1.54) is 0 Å². The van der Waals surface area contributed by atoms with E-state index < -0.39 is 6.04 Å². The molecule has 0 spiro atoms. The van der Waals surface area contributed by atoms with E-state index in [0.29, 0.717) is 22.8 Å². The molecule has 6 nitrogen and oxygen atoms in total. The Morgan fingerprint density at radius 1 is 1.07 bits per heavy atom. The molecule has 1 unspecified atom stereocenters. The van der Waals surface area contributed by atoms with Gasteiger partial charge in [0.05, 0.1) is 29.0 Å². The summed E-state index contributed by atoms with van der Waals surface area (Å²) in [5, 5.41) is 10.2. The van der Waals surface area contributed by atoms with Crippen molar-refractivity contribution >= 4 is 29.1 Å². The summed E-state index contributed by atoms with van der Waals surface area (Å²) < 4.78 is 1.75. The van der Waals surface area contributed by atoms with Crippen LogP contribution in [0.25, 0.3) is 0 Å². The topological polar surface area (TPSA) is 76.0 Å². The number of nitrogens with zero attached hydrogens (tertiary/aromatic N) is 2. The Morgan fingerprint density at radius 3 is 2.45 bits per heavy atom. The van der Waals surface area contributed by atoms with Gasteiger partial charge in [-0.05, 0) is 23.6 Å². The summed E-state index contributed by atoms with van der Waals surface area (Å²) in [6.07, 6.45) is 3.35. The maximum atomic E-state index is 12.8. The Kier molecular flexibility index (Phi) is 6.67. The van der Waals surface area contributed by atoms with Crippen LogP contribution >= 0.6 is 11.6 Å². The third kappa shape index (κ3) is 5.45. The summed E-state index contributed by atoms with van der Waals surface area (Å²) in [6.45, 7) is 4.35. The van der Waals surface area contributed by atoms with E-state index in [0.717, 1.165) is 5.56 Å². The first kappa shape index (κ1) is 20.6. The number of amides is 2. The molecule has 150 valence electrons. The number of benzene rings is 2. The lowest BCUT2D eigenvalue weighted by molar-refractivity contribution is -0.118. The number of anilines is 1. The SMILES string of the molecule is CC(C)C(NC(=O)c1ccccc1Cl)C(=O)Nc1cnn(Cc2ccccc2)c1. The van der Waals surface area contributed by atoms with Crippen molar-refractivity contribution in [2.45, 2.75) is 26.4 Å². The van der Waals surface area contributed by atoms with Gasteiger partial charge >= 0.3 is 0 Å². The van der Waals surface area contributed by atoms with Crippen molar-refractivity contribution in [3.05, 3.63) is 83.1 Å². The molecule has 0 saturated heterocycles. The van der Waals surface area contributed by atoms with Gasteiger partial charge in [-0.15, -0.1) is 0 Å². The van der Waals surface area contributed by atoms with E-state index in [1.807, 2.05) is 44.2 Å². The fourth-order valence-electron chi connectivity index (χ4n) is 2.90. The number of hydrogen-bond acceptors (Lipinski definition) is 3. The quantitative estimate of drug-likeness (QED) is 0.618. The molecule has 2 aromatic carbocycles. The van der Waals surface area contributed by atoms with Gasteiger partial charge in [-0.1, -0.05) is 67.9 Å². The zero-order valence-corrected chi connectivity index (χ0v) is 17.1. The number of rotatable bonds is 7. The van der Waals surface area contributed by atoms with Crippen molar-refractivity contribution in [2.75, 3.05) is 5.32 Å². The molecule has 0 aliphatic rings. The van der Waals surface area contributed by atoms with Crippen LogP contribution in [0.4, 0.5) is 5.69 Å². The van der Waals surface area contributed by atoms with Crippen LogP contribution in [0.5, 0.6) is 0 Å². The first-order valence-corrected chi connectivity index (χ1v) is 9.74. The Bertz CT molecular complexity index is 985. The van der Waals surface area contributed by atoms with Gasteiger partial charge < -0.3 is 10.6 Å².